The lowest BCUT2D eigenvalue weighted by atomic mass is 9.82. The number of halogens is 2. The summed E-state index contributed by atoms with van der Waals surface area (Å²) in [5.74, 6) is -2.29. The van der Waals surface area contributed by atoms with Gasteiger partial charge in [0.1, 0.15) is 24.3 Å². The van der Waals surface area contributed by atoms with E-state index in [-0.39, 0.29) is 61.7 Å². The van der Waals surface area contributed by atoms with E-state index in [4.69, 9.17) is 5.73 Å². The Hall–Kier alpha value is -4.62. The molecule has 3 atom stereocenters. The topological polar surface area (TPSA) is 150 Å². The molecule has 4 amide bonds. The minimum Gasteiger partial charge on any atom is -0.387 e. The van der Waals surface area contributed by atoms with E-state index >= 15 is 0 Å². The van der Waals surface area contributed by atoms with Crippen molar-refractivity contribution in [2.45, 2.75) is 71.6 Å². The van der Waals surface area contributed by atoms with E-state index in [1.54, 1.807) is 29.0 Å². The third-order valence-electron chi connectivity index (χ3n) is 8.83. The molecule has 1 fully saturated rings. The Morgan fingerprint density at radius 1 is 1.02 bits per heavy atom. The van der Waals surface area contributed by atoms with Gasteiger partial charge in [-0.05, 0) is 48.6 Å². The molecule has 1 aliphatic heterocycles. The molecular weight excluding hydrogens is 646 g/mol. The zero-order valence-electron chi connectivity index (χ0n) is 29.1. The minimum absolute atomic E-state index is 0.0131. The predicted octanol–water partition coefficient (Wildman–Crippen LogP) is 3.35. The van der Waals surface area contributed by atoms with Crippen molar-refractivity contribution in [2.75, 3.05) is 32.8 Å². The fraction of sp³-hybridized carbons (Fsp3) is 0.459. The Balaban J connectivity index is 1.45. The van der Waals surface area contributed by atoms with Crippen LogP contribution in [0.4, 0.5) is 8.78 Å². The number of aromatic nitrogens is 1. The Labute approximate surface area is 291 Å². The molecular formula is C37H48F2N6O5. The molecule has 2 aromatic carbocycles. The largest absolute Gasteiger partial charge is 0.387 e. The van der Waals surface area contributed by atoms with Crippen LogP contribution in [0.15, 0.2) is 60.8 Å². The number of amides is 4. The molecule has 0 saturated carbocycles. The quantitative estimate of drug-likeness (QED) is 0.159. The van der Waals surface area contributed by atoms with Crippen LogP contribution in [0.25, 0.3) is 11.1 Å². The molecule has 1 aliphatic rings. The van der Waals surface area contributed by atoms with Crippen molar-refractivity contribution >= 4 is 23.6 Å². The molecule has 0 radical (unpaired) electrons. The van der Waals surface area contributed by atoms with E-state index in [2.05, 4.69) is 10.6 Å². The lowest BCUT2D eigenvalue weighted by molar-refractivity contribution is -0.139. The van der Waals surface area contributed by atoms with E-state index in [0.29, 0.717) is 30.9 Å². The van der Waals surface area contributed by atoms with Gasteiger partial charge >= 0.3 is 0 Å². The van der Waals surface area contributed by atoms with Gasteiger partial charge in [-0.2, -0.15) is 0 Å². The maximum Gasteiger partial charge on any atom is 0.248 e. The Kier molecular flexibility index (Phi) is 12.9. The molecule has 3 unspecified atom stereocenters. The zero-order chi connectivity index (χ0) is 36.6. The first-order chi connectivity index (χ1) is 23.7. The van der Waals surface area contributed by atoms with E-state index in [1.807, 2.05) is 55.7 Å². The monoisotopic (exact) mass is 694 g/mol. The Bertz CT molecular complexity index is 1660. The molecule has 11 nitrogen and oxygen atoms in total. The van der Waals surface area contributed by atoms with Crippen molar-refractivity contribution in [3.8, 4) is 11.1 Å². The zero-order valence-corrected chi connectivity index (χ0v) is 29.1. The molecule has 270 valence electrons. The van der Waals surface area contributed by atoms with Gasteiger partial charge in [-0.15, -0.1) is 0 Å². The molecule has 2 heterocycles. The lowest BCUT2D eigenvalue weighted by Crippen LogP contribution is -2.46. The molecule has 13 heteroatoms. The van der Waals surface area contributed by atoms with Gasteiger partial charge in [-0.25, -0.2) is 8.78 Å². The summed E-state index contributed by atoms with van der Waals surface area (Å²) in [5, 5.41) is 15.5. The summed E-state index contributed by atoms with van der Waals surface area (Å²) in [4.78, 5) is 52.5. The molecule has 0 bridgehead atoms. The smallest absolute Gasteiger partial charge is 0.248 e. The normalized spacial score (nSPS) is 15.4. The standard InChI is InChI=1S/C37H48F2N6O5/c1-24-36(50)44(24)17-15-41-32(47)12-13-33(48)42-20-28(40)14-16-45(34(49)23-46)35(37(2,3)4)31-18-26(29-19-27(38)10-11-30(29)39)22-43(31)21-25-8-6-5-7-9-25/h5-11,18-19,22,24,28,35,46H,12-17,20-21,23,40H2,1-4H3,(H,41,47)(H,42,48). The van der Waals surface area contributed by atoms with Gasteiger partial charge in [-0.3, -0.25) is 19.2 Å². The van der Waals surface area contributed by atoms with Crippen molar-refractivity contribution in [2.24, 2.45) is 11.1 Å². The summed E-state index contributed by atoms with van der Waals surface area (Å²) in [5.41, 5.74) is 7.94. The van der Waals surface area contributed by atoms with Gasteiger partial charge in [-0.1, -0.05) is 51.1 Å². The number of carbonyl (C=O) groups is 4. The van der Waals surface area contributed by atoms with Crippen LogP contribution in [0.5, 0.6) is 0 Å². The minimum atomic E-state index is -0.751. The fourth-order valence-corrected chi connectivity index (χ4v) is 6.10. The van der Waals surface area contributed by atoms with Crippen molar-refractivity contribution < 1.29 is 33.1 Å². The summed E-state index contributed by atoms with van der Waals surface area (Å²) in [6.45, 7) is 8.30. The molecule has 1 saturated heterocycles. The fourth-order valence-electron chi connectivity index (χ4n) is 6.10. The van der Waals surface area contributed by atoms with Crippen LogP contribution >= 0.6 is 0 Å². The highest BCUT2D eigenvalue weighted by Crippen LogP contribution is 2.41. The first-order valence-corrected chi connectivity index (χ1v) is 16.9. The van der Waals surface area contributed by atoms with Crippen LogP contribution in [0.1, 0.15) is 64.3 Å². The highest BCUT2D eigenvalue weighted by Gasteiger charge is 2.40. The van der Waals surface area contributed by atoms with Gasteiger partial charge in [0, 0.05) is 74.6 Å². The van der Waals surface area contributed by atoms with E-state index < -0.39 is 41.6 Å². The summed E-state index contributed by atoms with van der Waals surface area (Å²) >= 11 is 0. The number of hydrogen-bond donors (Lipinski definition) is 4. The number of benzene rings is 2. The second kappa shape index (κ2) is 16.9. The Morgan fingerprint density at radius 3 is 2.30 bits per heavy atom. The molecule has 4 rings (SSSR count). The van der Waals surface area contributed by atoms with Gasteiger partial charge in [0.25, 0.3) is 0 Å². The van der Waals surface area contributed by atoms with Crippen LogP contribution in [-0.2, 0) is 25.7 Å². The summed E-state index contributed by atoms with van der Waals surface area (Å²) in [6.07, 6.45) is 1.97. The van der Waals surface area contributed by atoms with Crippen molar-refractivity contribution in [1.82, 2.24) is 25.0 Å². The number of nitrogens with zero attached hydrogens (tertiary/aromatic N) is 3. The average molecular weight is 695 g/mol. The van der Waals surface area contributed by atoms with E-state index in [9.17, 15) is 33.1 Å². The van der Waals surface area contributed by atoms with Crippen molar-refractivity contribution in [1.29, 1.82) is 0 Å². The SMILES string of the molecule is CC1C(=O)N1CCNC(=O)CCC(=O)NCC(N)CCN(C(=O)CO)C(c1cc(-c2cc(F)ccc2F)cn1Cc1ccccc1)C(C)(C)C. The third kappa shape index (κ3) is 10.2. The van der Waals surface area contributed by atoms with Crippen LogP contribution < -0.4 is 16.4 Å². The number of nitrogens with two attached hydrogens (primary N) is 1. The lowest BCUT2D eigenvalue weighted by Gasteiger charge is -2.41. The number of aliphatic hydroxyl groups excluding tert-OH is 1. The third-order valence-corrected chi connectivity index (χ3v) is 8.83. The van der Waals surface area contributed by atoms with E-state index in [1.165, 1.54) is 0 Å². The van der Waals surface area contributed by atoms with Crippen LogP contribution in [0.3, 0.4) is 0 Å². The molecule has 3 aromatic rings. The number of rotatable bonds is 17. The van der Waals surface area contributed by atoms with Gasteiger partial charge in [0.05, 0.1) is 6.04 Å². The highest BCUT2D eigenvalue weighted by atomic mass is 19.1. The number of carbonyl (C=O) groups excluding carboxylic acids is 4. The summed E-state index contributed by atoms with van der Waals surface area (Å²) in [7, 11) is 0. The van der Waals surface area contributed by atoms with E-state index in [0.717, 1.165) is 23.8 Å². The second-order valence-corrected chi connectivity index (χ2v) is 13.8. The number of aliphatic hydroxyl groups is 1. The first kappa shape index (κ1) is 38.2. The molecule has 5 N–H and O–H groups in total. The molecule has 0 spiro atoms. The number of nitrogens with one attached hydrogen (secondary N) is 2. The molecule has 0 aliphatic carbocycles. The average Bonchev–Trinajstić information content (AvgIpc) is 3.43. The highest BCUT2D eigenvalue weighted by molar-refractivity contribution is 5.96. The second-order valence-electron chi connectivity index (χ2n) is 13.8. The van der Waals surface area contributed by atoms with Crippen LogP contribution in [0.2, 0.25) is 0 Å². The van der Waals surface area contributed by atoms with Gasteiger partial charge < -0.3 is 35.8 Å². The predicted molar refractivity (Wildman–Crippen MR) is 185 cm³/mol. The van der Waals surface area contributed by atoms with Crippen molar-refractivity contribution in [3.05, 3.63) is 83.7 Å². The van der Waals surface area contributed by atoms with Gasteiger partial charge in [0.2, 0.25) is 23.6 Å². The summed E-state index contributed by atoms with van der Waals surface area (Å²) < 4.78 is 31.2. The maximum atomic E-state index is 15.0. The van der Waals surface area contributed by atoms with Crippen molar-refractivity contribution in [3.63, 3.8) is 0 Å². The Morgan fingerprint density at radius 2 is 1.68 bits per heavy atom. The number of hydrogen-bond acceptors (Lipinski definition) is 6. The van der Waals surface area contributed by atoms with Crippen LogP contribution in [-0.4, -0.2) is 88.0 Å². The maximum absolute atomic E-state index is 15.0. The first-order valence-electron chi connectivity index (χ1n) is 16.9. The molecule has 1 aromatic heterocycles. The molecule has 50 heavy (non-hydrogen) atoms. The summed E-state index contributed by atoms with van der Waals surface area (Å²) in [6, 6.07) is 13.4. The van der Waals surface area contributed by atoms with Crippen LogP contribution in [0, 0.1) is 17.0 Å². The van der Waals surface area contributed by atoms with Gasteiger partial charge in [0.15, 0.2) is 0 Å².